The Kier molecular flexibility index (Phi) is 4.72. The second kappa shape index (κ2) is 6.51. The molecule has 0 radical (unpaired) electrons. The van der Waals surface area contributed by atoms with Gasteiger partial charge in [0.1, 0.15) is 17.3 Å². The fourth-order valence-electron chi connectivity index (χ4n) is 2.30. The zero-order valence-electron chi connectivity index (χ0n) is 11.6. The molecule has 5 nitrogen and oxygen atoms in total. The van der Waals surface area contributed by atoms with Crippen LogP contribution in [0.3, 0.4) is 0 Å². The number of likely N-dealkylation sites (tertiary alicyclic amines) is 1. The Morgan fingerprint density at radius 1 is 1.24 bits per heavy atom. The summed E-state index contributed by atoms with van der Waals surface area (Å²) in [5, 5.41) is 2.28. The minimum Gasteiger partial charge on any atom is -0.453 e. The summed E-state index contributed by atoms with van der Waals surface area (Å²) in [5.41, 5.74) is -0.433. The molecule has 0 spiro atoms. The summed E-state index contributed by atoms with van der Waals surface area (Å²) in [7, 11) is 1.29. The lowest BCUT2D eigenvalue weighted by Crippen LogP contribution is -2.41. The van der Waals surface area contributed by atoms with Crippen LogP contribution in [0.25, 0.3) is 0 Å². The van der Waals surface area contributed by atoms with Crippen molar-refractivity contribution in [1.29, 1.82) is 0 Å². The van der Waals surface area contributed by atoms with Crippen molar-refractivity contribution in [2.24, 2.45) is 5.92 Å². The molecular weight excluding hydrogens is 282 g/mol. The molecule has 0 bridgehead atoms. The number of hydrogen-bond donors (Lipinski definition) is 1. The number of anilines is 1. The lowest BCUT2D eigenvalue weighted by atomic mass is 9.96. The molecule has 0 aliphatic carbocycles. The van der Waals surface area contributed by atoms with Crippen molar-refractivity contribution in [3.63, 3.8) is 0 Å². The average Bonchev–Trinajstić information content (AvgIpc) is 2.50. The quantitative estimate of drug-likeness (QED) is 0.912. The van der Waals surface area contributed by atoms with Gasteiger partial charge in [-0.25, -0.2) is 13.6 Å². The number of halogens is 2. The van der Waals surface area contributed by atoms with Crippen molar-refractivity contribution in [2.75, 3.05) is 25.5 Å². The molecule has 21 heavy (non-hydrogen) atoms. The van der Waals surface area contributed by atoms with E-state index in [0.29, 0.717) is 25.9 Å². The van der Waals surface area contributed by atoms with Crippen LogP contribution in [0.2, 0.25) is 0 Å². The number of methoxy groups -OCH3 is 1. The summed E-state index contributed by atoms with van der Waals surface area (Å²) in [6, 6.07) is 3.40. The molecule has 1 fully saturated rings. The standard InChI is InChI=1S/C14H16F2N2O3/c1-21-14(20)18-7-5-9(6-8-18)13(19)17-12-10(15)3-2-4-11(12)16/h2-4,9H,5-8H2,1H3,(H,17,19). The number of benzene rings is 1. The molecule has 7 heteroatoms. The lowest BCUT2D eigenvalue weighted by Gasteiger charge is -2.30. The predicted octanol–water partition coefficient (Wildman–Crippen LogP) is 2.38. The van der Waals surface area contributed by atoms with Gasteiger partial charge in [-0.1, -0.05) is 6.07 Å². The third-order valence-electron chi connectivity index (χ3n) is 3.51. The van der Waals surface area contributed by atoms with E-state index in [2.05, 4.69) is 10.1 Å². The Hall–Kier alpha value is -2.18. The normalized spacial score (nSPS) is 15.7. The molecule has 0 saturated carbocycles. The molecule has 1 aliphatic heterocycles. The number of carbonyl (C=O) groups is 2. The maximum Gasteiger partial charge on any atom is 0.409 e. The zero-order valence-corrected chi connectivity index (χ0v) is 11.6. The van der Waals surface area contributed by atoms with Gasteiger partial charge in [-0.2, -0.15) is 0 Å². The monoisotopic (exact) mass is 298 g/mol. The minimum absolute atomic E-state index is 0.379. The SMILES string of the molecule is COC(=O)N1CCC(C(=O)Nc2c(F)cccc2F)CC1. The number of piperidine rings is 1. The molecule has 1 aliphatic rings. The van der Waals surface area contributed by atoms with E-state index >= 15 is 0 Å². The van der Waals surface area contributed by atoms with Crippen LogP contribution < -0.4 is 5.32 Å². The van der Waals surface area contributed by atoms with Crippen LogP contribution in [0.1, 0.15) is 12.8 Å². The molecule has 0 aromatic heterocycles. The fourth-order valence-corrected chi connectivity index (χ4v) is 2.30. The summed E-state index contributed by atoms with van der Waals surface area (Å²) >= 11 is 0. The van der Waals surface area contributed by atoms with Crippen LogP contribution in [-0.4, -0.2) is 37.1 Å². The Morgan fingerprint density at radius 3 is 2.33 bits per heavy atom. The highest BCUT2D eigenvalue weighted by Crippen LogP contribution is 2.23. The molecule has 2 amide bonds. The van der Waals surface area contributed by atoms with Crippen molar-refractivity contribution < 1.29 is 23.1 Å². The van der Waals surface area contributed by atoms with Gasteiger partial charge < -0.3 is 15.0 Å². The van der Waals surface area contributed by atoms with Crippen LogP contribution >= 0.6 is 0 Å². The number of amides is 2. The maximum atomic E-state index is 13.5. The second-order valence-electron chi connectivity index (χ2n) is 4.82. The number of hydrogen-bond acceptors (Lipinski definition) is 3. The van der Waals surface area contributed by atoms with E-state index in [1.165, 1.54) is 18.1 Å². The molecule has 1 N–H and O–H groups in total. The number of carbonyl (C=O) groups excluding carboxylic acids is 2. The number of para-hydroxylation sites is 1. The maximum absolute atomic E-state index is 13.5. The first-order chi connectivity index (χ1) is 10.0. The van der Waals surface area contributed by atoms with Crippen molar-refractivity contribution in [3.05, 3.63) is 29.8 Å². The molecular formula is C14H16F2N2O3. The van der Waals surface area contributed by atoms with E-state index in [1.807, 2.05) is 0 Å². The summed E-state index contributed by atoms with van der Waals surface area (Å²) < 4.78 is 31.5. The first kappa shape index (κ1) is 15.2. The van der Waals surface area contributed by atoms with Gasteiger partial charge in [-0.15, -0.1) is 0 Å². The Balaban J connectivity index is 1.95. The van der Waals surface area contributed by atoms with Gasteiger partial charge in [0.2, 0.25) is 5.91 Å². The van der Waals surface area contributed by atoms with Crippen LogP contribution in [0.15, 0.2) is 18.2 Å². The van der Waals surface area contributed by atoms with E-state index in [4.69, 9.17) is 0 Å². The van der Waals surface area contributed by atoms with Gasteiger partial charge in [0, 0.05) is 19.0 Å². The third kappa shape index (κ3) is 3.48. The number of nitrogens with zero attached hydrogens (tertiary/aromatic N) is 1. The molecule has 0 atom stereocenters. The van der Waals surface area contributed by atoms with Crippen LogP contribution in [-0.2, 0) is 9.53 Å². The Labute approximate surface area is 120 Å². The third-order valence-corrected chi connectivity index (χ3v) is 3.51. The van der Waals surface area contributed by atoms with E-state index < -0.39 is 29.3 Å². The Morgan fingerprint density at radius 2 is 1.81 bits per heavy atom. The summed E-state index contributed by atoms with van der Waals surface area (Å²) in [6.45, 7) is 0.759. The molecule has 114 valence electrons. The first-order valence-corrected chi connectivity index (χ1v) is 6.60. The molecule has 1 saturated heterocycles. The summed E-state index contributed by atoms with van der Waals surface area (Å²) in [5.74, 6) is -2.45. The van der Waals surface area contributed by atoms with E-state index in [1.54, 1.807) is 0 Å². The van der Waals surface area contributed by atoms with E-state index in [9.17, 15) is 18.4 Å². The van der Waals surface area contributed by atoms with E-state index in [0.717, 1.165) is 12.1 Å². The molecule has 1 aromatic carbocycles. The number of rotatable bonds is 2. The molecule has 1 aromatic rings. The van der Waals surface area contributed by atoms with Crippen LogP contribution in [0.5, 0.6) is 0 Å². The van der Waals surface area contributed by atoms with Gasteiger partial charge in [-0.05, 0) is 25.0 Å². The van der Waals surface area contributed by atoms with Gasteiger partial charge >= 0.3 is 6.09 Å². The van der Waals surface area contributed by atoms with Gasteiger partial charge in [0.25, 0.3) is 0 Å². The van der Waals surface area contributed by atoms with Crippen molar-refractivity contribution in [2.45, 2.75) is 12.8 Å². The van der Waals surface area contributed by atoms with Crippen LogP contribution in [0.4, 0.5) is 19.3 Å². The topological polar surface area (TPSA) is 58.6 Å². The largest absolute Gasteiger partial charge is 0.453 e. The highest BCUT2D eigenvalue weighted by atomic mass is 19.1. The van der Waals surface area contributed by atoms with E-state index in [-0.39, 0.29) is 5.92 Å². The molecule has 0 unspecified atom stereocenters. The smallest absolute Gasteiger partial charge is 0.409 e. The Bertz CT molecular complexity index is 523. The van der Waals surface area contributed by atoms with Crippen LogP contribution in [0, 0.1) is 17.6 Å². The number of nitrogens with one attached hydrogen (secondary N) is 1. The minimum atomic E-state index is -0.810. The predicted molar refractivity (Wildman–Crippen MR) is 71.7 cm³/mol. The molecule has 2 rings (SSSR count). The van der Waals surface area contributed by atoms with Crippen molar-refractivity contribution >= 4 is 17.7 Å². The van der Waals surface area contributed by atoms with Gasteiger partial charge in [-0.3, -0.25) is 4.79 Å². The first-order valence-electron chi connectivity index (χ1n) is 6.60. The van der Waals surface area contributed by atoms with Crippen molar-refractivity contribution in [1.82, 2.24) is 4.90 Å². The average molecular weight is 298 g/mol. The second-order valence-corrected chi connectivity index (χ2v) is 4.82. The van der Waals surface area contributed by atoms with Gasteiger partial charge in [0.15, 0.2) is 0 Å². The summed E-state index contributed by atoms with van der Waals surface area (Å²) in [6.07, 6.45) is 0.419. The summed E-state index contributed by atoms with van der Waals surface area (Å²) in [4.78, 5) is 24.9. The number of ether oxygens (including phenoxy) is 1. The fraction of sp³-hybridized carbons (Fsp3) is 0.429. The van der Waals surface area contributed by atoms with Crippen molar-refractivity contribution in [3.8, 4) is 0 Å². The lowest BCUT2D eigenvalue weighted by molar-refractivity contribution is -0.121. The highest BCUT2D eigenvalue weighted by molar-refractivity contribution is 5.93. The highest BCUT2D eigenvalue weighted by Gasteiger charge is 2.28. The zero-order chi connectivity index (χ0) is 15.4. The van der Waals surface area contributed by atoms with Gasteiger partial charge in [0.05, 0.1) is 7.11 Å². The molecule has 1 heterocycles.